The predicted octanol–water partition coefficient (Wildman–Crippen LogP) is 2.27. The highest BCUT2D eigenvalue weighted by Crippen LogP contribution is 2.45. The fraction of sp³-hybridized carbons (Fsp3) is 0.500. The lowest BCUT2D eigenvalue weighted by molar-refractivity contribution is -0.286. The normalized spacial score (nSPS) is 24.1. The number of nitrogens with one attached hydrogen (secondary N) is 1. The van der Waals surface area contributed by atoms with Crippen LogP contribution < -0.4 is 19.5 Å². The molecule has 2 heterocycles. The number of fused-ring (bicyclic) bond motifs is 2. The highest BCUT2D eigenvalue weighted by molar-refractivity contribution is 5.52. The van der Waals surface area contributed by atoms with Crippen LogP contribution in [-0.4, -0.2) is 18.9 Å². The van der Waals surface area contributed by atoms with E-state index in [1.165, 1.54) is 12.1 Å². The van der Waals surface area contributed by atoms with Crippen molar-refractivity contribution in [3.8, 4) is 17.2 Å². The molecule has 0 aromatic heterocycles. The van der Waals surface area contributed by atoms with E-state index in [-0.39, 0.29) is 17.6 Å². The van der Waals surface area contributed by atoms with E-state index in [1.807, 2.05) is 6.92 Å². The Labute approximate surface area is 103 Å². The summed E-state index contributed by atoms with van der Waals surface area (Å²) in [5, 5.41) is 3.21. The maximum Gasteiger partial charge on any atom is 0.586 e. The van der Waals surface area contributed by atoms with Crippen LogP contribution in [0.5, 0.6) is 17.2 Å². The first-order valence-corrected chi connectivity index (χ1v) is 5.87. The molecule has 1 N–H and O–H groups in total. The smallest absolute Gasteiger partial charge is 0.489 e. The van der Waals surface area contributed by atoms with Crippen molar-refractivity contribution in [1.29, 1.82) is 0 Å². The van der Waals surface area contributed by atoms with Crippen LogP contribution in [0.15, 0.2) is 12.1 Å². The average molecular weight is 257 g/mol. The summed E-state index contributed by atoms with van der Waals surface area (Å²) in [7, 11) is 0. The molecule has 1 aromatic carbocycles. The number of hydrogen-bond donors (Lipinski definition) is 1. The van der Waals surface area contributed by atoms with Crippen LogP contribution in [0, 0.1) is 0 Å². The van der Waals surface area contributed by atoms with E-state index in [2.05, 4.69) is 14.8 Å². The predicted molar refractivity (Wildman–Crippen MR) is 59.1 cm³/mol. The second-order valence-electron chi connectivity index (χ2n) is 4.35. The number of hydrogen-bond acceptors (Lipinski definition) is 4. The van der Waals surface area contributed by atoms with Gasteiger partial charge in [-0.1, -0.05) is 6.92 Å². The molecule has 0 aliphatic carbocycles. The molecular weight excluding hydrogens is 244 g/mol. The molecule has 0 spiro atoms. The first-order chi connectivity index (χ1) is 8.57. The van der Waals surface area contributed by atoms with Gasteiger partial charge in [-0.25, -0.2) is 0 Å². The highest BCUT2D eigenvalue weighted by atomic mass is 19.3. The fourth-order valence-electron chi connectivity index (χ4n) is 2.08. The molecule has 0 unspecified atom stereocenters. The third-order valence-corrected chi connectivity index (χ3v) is 3.02. The Bertz CT molecular complexity index is 479. The Morgan fingerprint density at radius 2 is 2.00 bits per heavy atom. The van der Waals surface area contributed by atoms with Crippen LogP contribution in [0.2, 0.25) is 0 Å². The van der Waals surface area contributed by atoms with Crippen LogP contribution in [0.3, 0.4) is 0 Å². The molecule has 1 aromatic rings. The monoisotopic (exact) mass is 257 g/mol. The van der Waals surface area contributed by atoms with Crippen LogP contribution in [0.25, 0.3) is 0 Å². The van der Waals surface area contributed by atoms with Crippen molar-refractivity contribution in [3.63, 3.8) is 0 Å². The Hall–Kier alpha value is -1.56. The van der Waals surface area contributed by atoms with Crippen molar-refractivity contribution in [3.05, 3.63) is 17.7 Å². The SMILES string of the molecule is CC[C@@H]1CNCc2cc3c(cc2O1)OC(F)(F)O3. The maximum absolute atomic E-state index is 12.9. The summed E-state index contributed by atoms with van der Waals surface area (Å²) in [6, 6.07) is 3.01. The summed E-state index contributed by atoms with van der Waals surface area (Å²) in [6.07, 6.45) is -2.70. The van der Waals surface area contributed by atoms with Gasteiger partial charge in [0.05, 0.1) is 0 Å². The number of benzene rings is 1. The van der Waals surface area contributed by atoms with Crippen molar-refractivity contribution in [2.75, 3.05) is 6.54 Å². The van der Waals surface area contributed by atoms with Gasteiger partial charge in [-0.3, -0.25) is 0 Å². The van der Waals surface area contributed by atoms with E-state index in [0.29, 0.717) is 12.3 Å². The molecule has 0 bridgehead atoms. The van der Waals surface area contributed by atoms with E-state index >= 15 is 0 Å². The largest absolute Gasteiger partial charge is 0.586 e. The standard InChI is InChI=1S/C12H13F2NO3/c1-2-8-6-15-5-7-3-10-11(4-9(7)16-8)18-12(13,14)17-10/h3-4,8,15H,2,5-6H2,1H3/t8-/m1/s1. The van der Waals surface area contributed by atoms with Gasteiger partial charge in [-0.15, -0.1) is 8.78 Å². The first-order valence-electron chi connectivity index (χ1n) is 5.87. The van der Waals surface area contributed by atoms with Crippen LogP contribution in [0.1, 0.15) is 18.9 Å². The van der Waals surface area contributed by atoms with Gasteiger partial charge < -0.3 is 19.5 Å². The Morgan fingerprint density at radius 1 is 1.28 bits per heavy atom. The summed E-state index contributed by atoms with van der Waals surface area (Å²) in [5.74, 6) is 0.654. The van der Waals surface area contributed by atoms with Gasteiger partial charge in [-0.05, 0) is 12.5 Å². The second kappa shape index (κ2) is 3.98. The van der Waals surface area contributed by atoms with E-state index < -0.39 is 6.29 Å². The van der Waals surface area contributed by atoms with E-state index in [9.17, 15) is 8.78 Å². The lowest BCUT2D eigenvalue weighted by atomic mass is 10.2. The third-order valence-electron chi connectivity index (χ3n) is 3.02. The Kier molecular flexibility index (Phi) is 2.55. The van der Waals surface area contributed by atoms with Crippen LogP contribution in [-0.2, 0) is 6.54 Å². The van der Waals surface area contributed by atoms with Gasteiger partial charge in [-0.2, -0.15) is 0 Å². The summed E-state index contributed by atoms with van der Waals surface area (Å²) in [5.41, 5.74) is 0.797. The summed E-state index contributed by atoms with van der Waals surface area (Å²) in [4.78, 5) is 0. The number of halogens is 2. The number of ether oxygens (including phenoxy) is 3. The van der Waals surface area contributed by atoms with Gasteiger partial charge in [0, 0.05) is 24.7 Å². The fourth-order valence-corrected chi connectivity index (χ4v) is 2.08. The number of rotatable bonds is 1. The summed E-state index contributed by atoms with van der Waals surface area (Å²) >= 11 is 0. The van der Waals surface area contributed by atoms with Gasteiger partial charge in [0.2, 0.25) is 0 Å². The molecule has 0 saturated heterocycles. The zero-order chi connectivity index (χ0) is 12.8. The van der Waals surface area contributed by atoms with E-state index in [0.717, 1.165) is 18.5 Å². The van der Waals surface area contributed by atoms with Gasteiger partial charge in [0.15, 0.2) is 11.5 Å². The van der Waals surface area contributed by atoms with Crippen molar-refractivity contribution < 1.29 is 23.0 Å². The minimum atomic E-state index is -3.58. The minimum absolute atomic E-state index is 0.0236. The zero-order valence-corrected chi connectivity index (χ0v) is 9.83. The molecule has 18 heavy (non-hydrogen) atoms. The van der Waals surface area contributed by atoms with Crippen molar-refractivity contribution in [2.24, 2.45) is 0 Å². The molecule has 6 heteroatoms. The van der Waals surface area contributed by atoms with Gasteiger partial charge >= 0.3 is 6.29 Å². The van der Waals surface area contributed by atoms with Crippen molar-refractivity contribution in [2.45, 2.75) is 32.3 Å². The topological polar surface area (TPSA) is 39.7 Å². The zero-order valence-electron chi connectivity index (χ0n) is 9.83. The second-order valence-corrected chi connectivity index (χ2v) is 4.35. The quantitative estimate of drug-likeness (QED) is 0.837. The molecule has 4 nitrogen and oxygen atoms in total. The average Bonchev–Trinajstić information content (AvgIpc) is 2.48. The maximum atomic E-state index is 12.9. The molecule has 3 rings (SSSR count). The third kappa shape index (κ3) is 1.96. The van der Waals surface area contributed by atoms with E-state index in [4.69, 9.17) is 4.74 Å². The van der Waals surface area contributed by atoms with Gasteiger partial charge in [0.1, 0.15) is 11.9 Å². The lowest BCUT2D eigenvalue weighted by Gasteiger charge is -2.15. The molecule has 0 radical (unpaired) electrons. The molecule has 1 atom stereocenters. The summed E-state index contributed by atoms with van der Waals surface area (Å²) in [6.45, 7) is 3.31. The van der Waals surface area contributed by atoms with Crippen molar-refractivity contribution in [1.82, 2.24) is 5.32 Å². The first kappa shape index (κ1) is 11.5. The summed E-state index contributed by atoms with van der Waals surface area (Å²) < 4.78 is 40.5. The highest BCUT2D eigenvalue weighted by Gasteiger charge is 2.44. The van der Waals surface area contributed by atoms with Crippen LogP contribution in [0.4, 0.5) is 8.78 Å². The molecule has 2 aliphatic heterocycles. The lowest BCUT2D eigenvalue weighted by Crippen LogP contribution is -2.27. The molecule has 0 saturated carbocycles. The van der Waals surface area contributed by atoms with Crippen molar-refractivity contribution >= 4 is 0 Å². The minimum Gasteiger partial charge on any atom is -0.489 e. The Morgan fingerprint density at radius 3 is 2.72 bits per heavy atom. The van der Waals surface area contributed by atoms with E-state index in [1.54, 1.807) is 0 Å². The molecule has 0 fully saturated rings. The molecule has 98 valence electrons. The molecule has 2 aliphatic rings. The number of alkyl halides is 2. The van der Waals surface area contributed by atoms with Gasteiger partial charge in [0.25, 0.3) is 0 Å². The molecular formula is C12H13F2NO3. The molecule has 0 amide bonds. The Balaban J connectivity index is 1.95. The van der Waals surface area contributed by atoms with Crippen LogP contribution >= 0.6 is 0 Å².